The Hall–Kier alpha value is -2.10. The molecule has 0 fully saturated rings. The third-order valence-electron chi connectivity index (χ3n) is 2.26. The fourth-order valence-corrected chi connectivity index (χ4v) is 1.53. The van der Waals surface area contributed by atoms with Crippen molar-refractivity contribution in [3.05, 3.63) is 53.2 Å². The van der Waals surface area contributed by atoms with Crippen LogP contribution in [0.4, 0.5) is 0 Å². The smallest absolute Gasteiger partial charge is 0.286 e. The first-order valence-electron chi connectivity index (χ1n) is 4.97. The largest absolute Gasteiger partial charge is 0.435 e. The van der Waals surface area contributed by atoms with E-state index < -0.39 is 5.91 Å². The Morgan fingerprint density at radius 2 is 2.06 bits per heavy atom. The first kappa shape index (κ1) is 10.4. The second-order valence-corrected chi connectivity index (χ2v) is 3.55. The fourth-order valence-electron chi connectivity index (χ4n) is 1.53. The van der Waals surface area contributed by atoms with E-state index in [0.717, 1.165) is 5.56 Å². The van der Waals surface area contributed by atoms with Gasteiger partial charge in [0.25, 0.3) is 5.91 Å². The van der Waals surface area contributed by atoms with Crippen molar-refractivity contribution in [2.45, 2.75) is 13.3 Å². The van der Waals surface area contributed by atoms with E-state index in [0.29, 0.717) is 18.0 Å². The minimum Gasteiger partial charge on any atom is -0.435 e. The Morgan fingerprint density at radius 3 is 2.62 bits per heavy atom. The molecular formula is C12H12N2O2. The quantitative estimate of drug-likeness (QED) is 0.848. The van der Waals surface area contributed by atoms with Gasteiger partial charge in [0, 0.05) is 6.42 Å². The van der Waals surface area contributed by atoms with Crippen LogP contribution in [0.5, 0.6) is 0 Å². The molecule has 1 aromatic heterocycles. The SMILES string of the molecule is Cc1nc(Cc2ccccc2)oc1C(N)=O. The maximum atomic E-state index is 11.0. The summed E-state index contributed by atoms with van der Waals surface area (Å²) in [4.78, 5) is 15.1. The number of carbonyl (C=O) groups is 1. The molecule has 0 aliphatic heterocycles. The minimum absolute atomic E-state index is 0.144. The molecular weight excluding hydrogens is 204 g/mol. The van der Waals surface area contributed by atoms with Crippen molar-refractivity contribution >= 4 is 5.91 Å². The molecule has 0 unspecified atom stereocenters. The molecule has 0 radical (unpaired) electrons. The summed E-state index contributed by atoms with van der Waals surface area (Å²) < 4.78 is 5.29. The van der Waals surface area contributed by atoms with Crippen molar-refractivity contribution in [3.63, 3.8) is 0 Å². The van der Waals surface area contributed by atoms with E-state index in [9.17, 15) is 4.79 Å². The summed E-state index contributed by atoms with van der Waals surface area (Å²) in [5, 5.41) is 0. The molecule has 4 heteroatoms. The summed E-state index contributed by atoms with van der Waals surface area (Å²) in [5.74, 6) is 0.0766. The van der Waals surface area contributed by atoms with Gasteiger partial charge in [-0.1, -0.05) is 30.3 Å². The highest BCUT2D eigenvalue weighted by molar-refractivity contribution is 5.90. The second-order valence-electron chi connectivity index (χ2n) is 3.55. The van der Waals surface area contributed by atoms with Crippen LogP contribution in [0.25, 0.3) is 0 Å². The third-order valence-corrected chi connectivity index (χ3v) is 2.26. The average Bonchev–Trinajstić information content (AvgIpc) is 2.61. The number of primary amides is 1. The molecule has 0 aliphatic carbocycles. The molecule has 1 amide bonds. The number of carbonyl (C=O) groups excluding carboxylic acids is 1. The Bertz CT molecular complexity index is 503. The Morgan fingerprint density at radius 1 is 1.38 bits per heavy atom. The van der Waals surface area contributed by atoms with Gasteiger partial charge in [-0.3, -0.25) is 4.79 Å². The van der Waals surface area contributed by atoms with Crippen LogP contribution in [0, 0.1) is 6.92 Å². The van der Waals surface area contributed by atoms with Crippen molar-refractivity contribution in [2.75, 3.05) is 0 Å². The van der Waals surface area contributed by atoms with E-state index in [-0.39, 0.29) is 5.76 Å². The van der Waals surface area contributed by atoms with Gasteiger partial charge in [-0.2, -0.15) is 0 Å². The summed E-state index contributed by atoms with van der Waals surface area (Å²) in [6.07, 6.45) is 0.564. The third kappa shape index (κ3) is 2.11. The monoisotopic (exact) mass is 216 g/mol. The summed E-state index contributed by atoms with van der Waals surface area (Å²) in [6.45, 7) is 1.71. The van der Waals surface area contributed by atoms with Crippen molar-refractivity contribution in [1.29, 1.82) is 0 Å². The van der Waals surface area contributed by atoms with Crippen LogP contribution >= 0.6 is 0 Å². The van der Waals surface area contributed by atoms with E-state index in [1.54, 1.807) is 6.92 Å². The van der Waals surface area contributed by atoms with Crippen LogP contribution in [0.3, 0.4) is 0 Å². The molecule has 0 atom stereocenters. The molecule has 16 heavy (non-hydrogen) atoms. The van der Waals surface area contributed by atoms with Crippen molar-refractivity contribution in [3.8, 4) is 0 Å². The van der Waals surface area contributed by atoms with Gasteiger partial charge in [-0.15, -0.1) is 0 Å². The molecule has 2 rings (SSSR count). The average molecular weight is 216 g/mol. The number of nitrogens with two attached hydrogens (primary N) is 1. The molecule has 1 aromatic carbocycles. The molecule has 0 aliphatic rings. The maximum Gasteiger partial charge on any atom is 0.286 e. The predicted octanol–water partition coefficient (Wildman–Crippen LogP) is 1.67. The minimum atomic E-state index is -0.579. The van der Waals surface area contributed by atoms with Crippen LogP contribution in [-0.2, 0) is 6.42 Å². The highest BCUT2D eigenvalue weighted by atomic mass is 16.4. The van der Waals surface area contributed by atoms with Crippen LogP contribution in [0.1, 0.15) is 27.7 Å². The number of benzene rings is 1. The van der Waals surface area contributed by atoms with Crippen LogP contribution in [0.15, 0.2) is 34.7 Å². The Kier molecular flexibility index (Phi) is 2.72. The van der Waals surface area contributed by atoms with E-state index in [1.165, 1.54) is 0 Å². The molecule has 82 valence electrons. The number of amides is 1. The zero-order chi connectivity index (χ0) is 11.5. The summed E-state index contributed by atoms with van der Waals surface area (Å²) >= 11 is 0. The lowest BCUT2D eigenvalue weighted by molar-refractivity contribution is 0.0971. The van der Waals surface area contributed by atoms with E-state index in [2.05, 4.69) is 4.98 Å². The molecule has 4 nitrogen and oxygen atoms in total. The van der Waals surface area contributed by atoms with Crippen LogP contribution < -0.4 is 5.73 Å². The molecule has 2 N–H and O–H groups in total. The van der Waals surface area contributed by atoms with Gasteiger partial charge in [-0.25, -0.2) is 4.98 Å². The predicted molar refractivity (Wildman–Crippen MR) is 59.0 cm³/mol. The van der Waals surface area contributed by atoms with E-state index in [4.69, 9.17) is 10.2 Å². The number of nitrogens with zero attached hydrogens (tertiary/aromatic N) is 1. The summed E-state index contributed by atoms with van der Waals surface area (Å²) in [6, 6.07) is 9.78. The lowest BCUT2D eigenvalue weighted by atomic mass is 10.1. The van der Waals surface area contributed by atoms with Gasteiger partial charge in [0.2, 0.25) is 5.76 Å². The number of hydrogen-bond donors (Lipinski definition) is 1. The highest BCUT2D eigenvalue weighted by Gasteiger charge is 2.14. The molecule has 0 saturated carbocycles. The first-order chi connectivity index (χ1) is 7.66. The number of aryl methyl sites for hydroxylation is 1. The molecule has 2 aromatic rings. The van der Waals surface area contributed by atoms with E-state index >= 15 is 0 Å². The molecule has 0 saturated heterocycles. The molecule has 1 heterocycles. The van der Waals surface area contributed by atoms with Gasteiger partial charge < -0.3 is 10.2 Å². The number of hydrogen-bond acceptors (Lipinski definition) is 3. The lowest BCUT2D eigenvalue weighted by Gasteiger charge is -1.95. The zero-order valence-corrected chi connectivity index (χ0v) is 8.93. The standard InChI is InChI=1S/C12H12N2O2/c1-8-11(12(13)15)16-10(14-8)7-9-5-3-2-4-6-9/h2-6H,7H2,1H3,(H2,13,15). The van der Waals surface area contributed by atoms with Gasteiger partial charge in [0.05, 0.1) is 5.69 Å². The number of rotatable bonds is 3. The second kappa shape index (κ2) is 4.18. The molecule has 0 spiro atoms. The molecule has 0 bridgehead atoms. The van der Waals surface area contributed by atoms with Gasteiger partial charge in [0.15, 0.2) is 5.89 Å². The normalized spacial score (nSPS) is 10.3. The highest BCUT2D eigenvalue weighted by Crippen LogP contribution is 2.13. The zero-order valence-electron chi connectivity index (χ0n) is 8.93. The van der Waals surface area contributed by atoms with Gasteiger partial charge in [0.1, 0.15) is 0 Å². The van der Waals surface area contributed by atoms with Crippen LogP contribution in [0.2, 0.25) is 0 Å². The fraction of sp³-hybridized carbons (Fsp3) is 0.167. The Balaban J connectivity index is 2.23. The number of oxazole rings is 1. The van der Waals surface area contributed by atoms with Crippen molar-refractivity contribution in [2.24, 2.45) is 5.73 Å². The Labute approximate surface area is 93.1 Å². The summed E-state index contributed by atoms with van der Waals surface area (Å²) in [7, 11) is 0. The van der Waals surface area contributed by atoms with Crippen LogP contribution in [-0.4, -0.2) is 10.9 Å². The summed E-state index contributed by atoms with van der Waals surface area (Å²) in [5.41, 5.74) is 6.77. The lowest BCUT2D eigenvalue weighted by Crippen LogP contribution is -2.10. The topological polar surface area (TPSA) is 69.1 Å². The maximum absolute atomic E-state index is 11.0. The number of aromatic nitrogens is 1. The van der Waals surface area contributed by atoms with Crippen molar-refractivity contribution in [1.82, 2.24) is 4.98 Å². The van der Waals surface area contributed by atoms with Gasteiger partial charge >= 0.3 is 0 Å². The van der Waals surface area contributed by atoms with Crippen molar-refractivity contribution < 1.29 is 9.21 Å². The van der Waals surface area contributed by atoms with E-state index in [1.807, 2.05) is 30.3 Å². The first-order valence-corrected chi connectivity index (χ1v) is 4.97. The van der Waals surface area contributed by atoms with Gasteiger partial charge in [-0.05, 0) is 12.5 Å².